The Balaban J connectivity index is 4.55. The first-order valence-electron chi connectivity index (χ1n) is 5.88. The van der Waals surface area contributed by atoms with E-state index in [1.54, 1.807) is 41.5 Å². The maximum absolute atomic E-state index is 11.5. The molecule has 0 aromatic carbocycles. The summed E-state index contributed by atoms with van der Waals surface area (Å²) in [7, 11) is -4.40. The number of carbonyl (C=O) groups excluding carboxylic acids is 1. The van der Waals surface area contributed by atoms with Gasteiger partial charge in [-0.1, -0.05) is 20.8 Å². The molecule has 0 heterocycles. The smallest absolute Gasteiger partial charge is 0.311 e. The van der Waals surface area contributed by atoms with E-state index in [1.807, 2.05) is 0 Å². The van der Waals surface area contributed by atoms with Crippen molar-refractivity contribution >= 4 is 16.1 Å². The summed E-state index contributed by atoms with van der Waals surface area (Å²) >= 11 is 0. The van der Waals surface area contributed by atoms with Crippen LogP contribution in [0, 0.1) is 10.8 Å². The predicted octanol–water partition coefficient (Wildman–Crippen LogP) is 1.93. The molecule has 0 rings (SSSR count). The second-order valence-corrected chi connectivity index (χ2v) is 8.08. The Kier molecular flexibility index (Phi) is 5.38. The monoisotopic (exact) mass is 279 g/mol. The molecule has 0 bridgehead atoms. The van der Waals surface area contributed by atoms with Crippen molar-refractivity contribution in [2.24, 2.45) is 10.8 Å². The van der Waals surface area contributed by atoms with Crippen LogP contribution in [0.5, 0.6) is 0 Å². The Morgan fingerprint density at radius 3 is 1.89 bits per heavy atom. The molecule has 0 saturated carbocycles. The molecule has 0 aromatic heterocycles. The lowest BCUT2D eigenvalue weighted by molar-refractivity contribution is -0.153. The summed E-state index contributed by atoms with van der Waals surface area (Å²) in [5.74, 6) is -0.404. The maximum Gasteiger partial charge on any atom is 0.311 e. The Labute approximate surface area is 110 Å². The van der Waals surface area contributed by atoms with Gasteiger partial charge in [-0.2, -0.15) is 0 Å². The maximum atomic E-state index is 11.5. The van der Waals surface area contributed by atoms with Gasteiger partial charge in [0.05, 0.1) is 27.4 Å². The molecule has 0 aliphatic carbocycles. The highest BCUT2D eigenvalue weighted by molar-refractivity contribution is 7.86. The fraction of sp³-hybridized carbons (Fsp3) is 0.917. The van der Waals surface area contributed by atoms with Gasteiger partial charge in [-0.05, 0) is 32.6 Å². The molecule has 0 aliphatic heterocycles. The molecule has 108 valence electrons. The van der Waals surface area contributed by atoms with Crippen molar-refractivity contribution in [2.45, 2.75) is 53.2 Å². The molecule has 0 amide bonds. The normalized spacial score (nSPS) is 15.3. The molecule has 0 aliphatic rings. The minimum atomic E-state index is -4.40. The van der Waals surface area contributed by atoms with Crippen LogP contribution < -0.4 is 0 Å². The van der Waals surface area contributed by atoms with Gasteiger partial charge in [0.2, 0.25) is 0 Å². The highest BCUT2D eigenvalue weighted by Crippen LogP contribution is 2.28. The van der Waals surface area contributed by atoms with Crippen LogP contribution in [0.25, 0.3) is 0 Å². The number of esters is 1. The molecule has 6 heteroatoms. The van der Waals surface area contributed by atoms with E-state index in [4.69, 9.17) is 4.74 Å². The fourth-order valence-electron chi connectivity index (χ4n) is 1.49. The average molecular weight is 279 g/mol. The van der Waals surface area contributed by atoms with E-state index in [9.17, 15) is 17.8 Å². The molecule has 1 atom stereocenters. The van der Waals surface area contributed by atoms with Crippen LogP contribution in [0.2, 0.25) is 0 Å². The summed E-state index contributed by atoms with van der Waals surface area (Å²) in [4.78, 5) is 11.5. The molecule has 0 N–H and O–H groups in total. The van der Waals surface area contributed by atoms with Crippen molar-refractivity contribution in [3.63, 3.8) is 0 Å². The Hall–Kier alpha value is -0.620. The van der Waals surface area contributed by atoms with Crippen molar-refractivity contribution in [3.8, 4) is 0 Å². The Bertz CT molecular complexity index is 384. The van der Waals surface area contributed by atoms with Crippen molar-refractivity contribution in [1.82, 2.24) is 0 Å². The molecule has 0 radical (unpaired) electrons. The highest BCUT2D eigenvalue weighted by Gasteiger charge is 2.31. The third kappa shape index (κ3) is 5.82. The van der Waals surface area contributed by atoms with E-state index < -0.39 is 32.2 Å². The molecule has 0 aromatic rings. The number of hydrogen-bond donors (Lipinski definition) is 0. The molecular formula is C12H23O5S-. The van der Waals surface area contributed by atoms with Gasteiger partial charge < -0.3 is 9.29 Å². The first-order chi connectivity index (χ1) is 7.76. The Morgan fingerprint density at radius 2 is 1.61 bits per heavy atom. The van der Waals surface area contributed by atoms with Gasteiger partial charge in [0.25, 0.3) is 0 Å². The molecule has 5 nitrogen and oxygen atoms in total. The minimum Gasteiger partial charge on any atom is -0.748 e. The zero-order valence-electron chi connectivity index (χ0n) is 11.9. The third-order valence-electron chi connectivity index (χ3n) is 2.54. The van der Waals surface area contributed by atoms with Crippen LogP contribution in [-0.4, -0.2) is 30.8 Å². The summed E-state index contributed by atoms with van der Waals surface area (Å²) in [6.45, 7) is 10.1. The van der Waals surface area contributed by atoms with Gasteiger partial charge in [-0.15, -0.1) is 0 Å². The SMILES string of the molecule is CC(C)(C)C(=O)OCCC(C(C)(C)C)S(=O)(=O)[O-]. The second kappa shape index (κ2) is 5.57. The summed E-state index contributed by atoms with van der Waals surface area (Å²) in [6, 6.07) is 0. The molecule has 0 saturated heterocycles. The van der Waals surface area contributed by atoms with Crippen LogP contribution in [0.15, 0.2) is 0 Å². The zero-order valence-corrected chi connectivity index (χ0v) is 12.8. The van der Waals surface area contributed by atoms with E-state index in [-0.39, 0.29) is 13.0 Å². The lowest BCUT2D eigenvalue weighted by Crippen LogP contribution is -2.36. The van der Waals surface area contributed by atoms with Crippen molar-refractivity contribution in [1.29, 1.82) is 0 Å². The minimum absolute atomic E-state index is 0.0250. The summed E-state index contributed by atoms with van der Waals surface area (Å²) in [5.41, 5.74) is -1.30. The quantitative estimate of drug-likeness (QED) is 0.580. The molecule has 0 fully saturated rings. The van der Waals surface area contributed by atoms with Crippen molar-refractivity contribution in [3.05, 3.63) is 0 Å². The van der Waals surface area contributed by atoms with Gasteiger partial charge >= 0.3 is 5.97 Å². The van der Waals surface area contributed by atoms with Crippen molar-refractivity contribution < 1.29 is 22.5 Å². The molecule has 0 spiro atoms. The largest absolute Gasteiger partial charge is 0.748 e. The number of rotatable bonds is 4. The summed E-state index contributed by atoms with van der Waals surface area (Å²) in [5, 5.41) is -1.06. The van der Waals surface area contributed by atoms with E-state index in [1.165, 1.54) is 0 Å². The van der Waals surface area contributed by atoms with Crippen LogP contribution >= 0.6 is 0 Å². The van der Waals surface area contributed by atoms with Gasteiger partial charge in [-0.3, -0.25) is 4.79 Å². The standard InChI is InChI=1S/C12H24O5S/c1-11(2,3)9(18(14,15)16)7-8-17-10(13)12(4,5)6/h9H,7-8H2,1-6H3,(H,14,15,16)/p-1. The molecular weight excluding hydrogens is 256 g/mol. The highest BCUT2D eigenvalue weighted by atomic mass is 32.2. The lowest BCUT2D eigenvalue weighted by Gasteiger charge is -2.32. The molecule has 18 heavy (non-hydrogen) atoms. The number of hydrogen-bond acceptors (Lipinski definition) is 5. The van der Waals surface area contributed by atoms with Gasteiger partial charge in [0.1, 0.15) is 0 Å². The fourth-order valence-corrected chi connectivity index (χ4v) is 2.74. The predicted molar refractivity (Wildman–Crippen MR) is 68.0 cm³/mol. The van der Waals surface area contributed by atoms with Gasteiger partial charge in [-0.25, -0.2) is 8.42 Å². The van der Waals surface area contributed by atoms with Crippen LogP contribution in [0.1, 0.15) is 48.0 Å². The number of carbonyl (C=O) groups is 1. The van der Waals surface area contributed by atoms with E-state index >= 15 is 0 Å². The number of ether oxygens (including phenoxy) is 1. The van der Waals surface area contributed by atoms with E-state index in [0.29, 0.717) is 0 Å². The van der Waals surface area contributed by atoms with Crippen molar-refractivity contribution in [2.75, 3.05) is 6.61 Å². The van der Waals surface area contributed by atoms with E-state index in [2.05, 4.69) is 0 Å². The third-order valence-corrected chi connectivity index (χ3v) is 4.18. The van der Waals surface area contributed by atoms with Crippen LogP contribution in [0.3, 0.4) is 0 Å². The lowest BCUT2D eigenvalue weighted by atomic mass is 9.90. The molecule has 1 unspecified atom stereocenters. The zero-order chi connectivity index (χ0) is 14.8. The van der Waals surface area contributed by atoms with Gasteiger partial charge in [0, 0.05) is 0 Å². The van der Waals surface area contributed by atoms with Crippen LogP contribution in [0.4, 0.5) is 0 Å². The summed E-state index contributed by atoms with van der Waals surface area (Å²) < 4.78 is 38.4. The average Bonchev–Trinajstić information content (AvgIpc) is 2.05. The first-order valence-corrected chi connectivity index (χ1v) is 7.35. The van der Waals surface area contributed by atoms with Crippen LogP contribution in [-0.2, 0) is 19.6 Å². The Morgan fingerprint density at radius 1 is 1.17 bits per heavy atom. The summed E-state index contributed by atoms with van der Waals surface area (Å²) in [6.07, 6.45) is 0.0250. The first kappa shape index (κ1) is 17.4. The van der Waals surface area contributed by atoms with E-state index in [0.717, 1.165) is 0 Å². The van der Waals surface area contributed by atoms with Gasteiger partial charge in [0.15, 0.2) is 0 Å². The second-order valence-electron chi connectivity index (χ2n) is 6.52. The topological polar surface area (TPSA) is 83.5 Å².